The molecule has 106 valence electrons. The van der Waals surface area contributed by atoms with Crippen molar-refractivity contribution in [2.75, 3.05) is 7.11 Å². The Kier molecular flexibility index (Phi) is 4.65. The molecule has 5 atom stereocenters. The monoisotopic (exact) mass is 302 g/mol. The smallest absolute Gasteiger partial charge is 0.120 e. The van der Waals surface area contributed by atoms with Crippen LogP contribution in [0.3, 0.4) is 0 Å². The number of halogens is 2. The molecular weight excluding hydrogens is 283 g/mol. The predicted molar refractivity (Wildman–Crippen MR) is 79.3 cm³/mol. The number of methoxy groups -OCH3 is 1. The molecule has 1 aliphatic rings. The second kappa shape index (κ2) is 5.90. The second-order valence-corrected chi connectivity index (χ2v) is 6.15. The van der Waals surface area contributed by atoms with Gasteiger partial charge in [-0.15, -0.1) is 11.6 Å². The Labute approximate surface area is 125 Å². The fourth-order valence-electron chi connectivity index (χ4n) is 2.86. The molecule has 0 radical (unpaired) electrons. The Balaban J connectivity index is 2.26. The fourth-order valence-corrected chi connectivity index (χ4v) is 3.83. The van der Waals surface area contributed by atoms with Gasteiger partial charge < -0.3 is 9.47 Å². The van der Waals surface area contributed by atoms with Gasteiger partial charge in [-0.2, -0.15) is 0 Å². The number of hydrogen-bond donors (Lipinski definition) is 0. The second-order valence-electron chi connectivity index (χ2n) is 5.27. The molecule has 5 unspecified atom stereocenters. The van der Waals surface area contributed by atoms with Gasteiger partial charge in [-0.1, -0.05) is 24.6 Å². The van der Waals surface area contributed by atoms with Crippen molar-refractivity contribution in [2.45, 2.75) is 38.4 Å². The molecule has 2 rings (SSSR count). The normalized spacial score (nSPS) is 32.3. The van der Waals surface area contributed by atoms with Gasteiger partial charge in [0.15, 0.2) is 0 Å². The molecular formula is C15H20Cl2O2. The molecule has 0 spiro atoms. The van der Waals surface area contributed by atoms with Gasteiger partial charge in [-0.25, -0.2) is 0 Å². The van der Waals surface area contributed by atoms with Crippen LogP contribution in [0.1, 0.15) is 31.7 Å². The zero-order valence-corrected chi connectivity index (χ0v) is 13.2. The first-order valence-corrected chi connectivity index (χ1v) is 7.40. The Morgan fingerprint density at radius 2 is 1.89 bits per heavy atom. The molecule has 2 nitrogen and oxygen atoms in total. The van der Waals surface area contributed by atoms with Gasteiger partial charge >= 0.3 is 0 Å². The molecule has 0 amide bonds. The summed E-state index contributed by atoms with van der Waals surface area (Å²) in [6.07, 6.45) is 0.379. The van der Waals surface area contributed by atoms with Crippen LogP contribution in [0.15, 0.2) is 18.2 Å². The molecule has 0 N–H and O–H groups in total. The Hall–Kier alpha value is -0.440. The van der Waals surface area contributed by atoms with Crippen LogP contribution < -0.4 is 4.74 Å². The molecule has 1 aromatic rings. The van der Waals surface area contributed by atoms with E-state index < -0.39 is 0 Å². The van der Waals surface area contributed by atoms with Crippen LogP contribution in [0, 0.1) is 11.8 Å². The van der Waals surface area contributed by atoms with E-state index in [2.05, 4.69) is 20.8 Å². The predicted octanol–water partition coefficient (Wildman–Crippen LogP) is 4.69. The van der Waals surface area contributed by atoms with Crippen molar-refractivity contribution < 1.29 is 9.47 Å². The van der Waals surface area contributed by atoms with Crippen LogP contribution >= 0.6 is 23.2 Å². The standard InChI is InChI=1S/C15H20Cl2O2/c1-8-9(2)19-10(3)14(8)15(17)12-6-5-11(18-4)7-13(12)16/h5-10,14-15H,1-4H3. The van der Waals surface area contributed by atoms with Crippen LogP contribution in [0.2, 0.25) is 5.02 Å². The van der Waals surface area contributed by atoms with Gasteiger partial charge in [-0.3, -0.25) is 0 Å². The average molecular weight is 303 g/mol. The summed E-state index contributed by atoms with van der Waals surface area (Å²) < 4.78 is 11.0. The summed E-state index contributed by atoms with van der Waals surface area (Å²) in [5.74, 6) is 1.42. The third-order valence-corrected chi connectivity index (χ3v) is 5.01. The van der Waals surface area contributed by atoms with Crippen molar-refractivity contribution in [1.82, 2.24) is 0 Å². The Morgan fingerprint density at radius 3 is 2.37 bits per heavy atom. The van der Waals surface area contributed by atoms with Crippen molar-refractivity contribution in [2.24, 2.45) is 11.8 Å². The molecule has 1 aromatic carbocycles. The summed E-state index contributed by atoms with van der Waals surface area (Å²) in [7, 11) is 1.63. The molecule has 0 aliphatic carbocycles. The van der Waals surface area contributed by atoms with Crippen molar-refractivity contribution >= 4 is 23.2 Å². The minimum atomic E-state index is -0.145. The highest BCUT2D eigenvalue weighted by Crippen LogP contribution is 2.45. The minimum absolute atomic E-state index is 0.144. The van der Waals surface area contributed by atoms with Gasteiger partial charge in [0.1, 0.15) is 5.75 Å². The largest absolute Gasteiger partial charge is 0.497 e. The van der Waals surface area contributed by atoms with Crippen LogP contribution in [-0.2, 0) is 4.74 Å². The van der Waals surface area contributed by atoms with Gasteiger partial charge in [0.2, 0.25) is 0 Å². The van der Waals surface area contributed by atoms with Crippen molar-refractivity contribution in [3.05, 3.63) is 28.8 Å². The summed E-state index contributed by atoms with van der Waals surface area (Å²) in [5.41, 5.74) is 0.950. The fraction of sp³-hybridized carbons (Fsp3) is 0.600. The van der Waals surface area contributed by atoms with E-state index in [4.69, 9.17) is 32.7 Å². The number of rotatable bonds is 3. The maximum Gasteiger partial charge on any atom is 0.120 e. The quantitative estimate of drug-likeness (QED) is 0.754. The van der Waals surface area contributed by atoms with Crippen molar-refractivity contribution in [3.8, 4) is 5.75 Å². The first-order chi connectivity index (χ1) is 8.95. The molecule has 4 heteroatoms. The van der Waals surface area contributed by atoms with E-state index in [0.29, 0.717) is 10.9 Å². The van der Waals surface area contributed by atoms with Crippen LogP contribution in [0.4, 0.5) is 0 Å². The van der Waals surface area contributed by atoms with E-state index in [0.717, 1.165) is 11.3 Å². The highest BCUT2D eigenvalue weighted by molar-refractivity contribution is 6.33. The summed E-state index contributed by atoms with van der Waals surface area (Å²) in [4.78, 5) is 0. The molecule has 1 aliphatic heterocycles. The Bertz CT molecular complexity index is 450. The number of hydrogen-bond acceptors (Lipinski definition) is 2. The molecule has 0 saturated carbocycles. The Morgan fingerprint density at radius 1 is 1.21 bits per heavy atom. The lowest BCUT2D eigenvalue weighted by atomic mass is 9.84. The van der Waals surface area contributed by atoms with E-state index in [1.165, 1.54) is 0 Å². The van der Waals surface area contributed by atoms with Gasteiger partial charge in [0.05, 0.1) is 24.7 Å². The van der Waals surface area contributed by atoms with Crippen LogP contribution in [0.25, 0.3) is 0 Å². The average Bonchev–Trinajstić information content (AvgIpc) is 2.62. The number of alkyl halides is 1. The molecule has 0 aromatic heterocycles. The lowest BCUT2D eigenvalue weighted by molar-refractivity contribution is 0.0508. The lowest BCUT2D eigenvalue weighted by Crippen LogP contribution is -2.22. The van der Waals surface area contributed by atoms with E-state index >= 15 is 0 Å². The minimum Gasteiger partial charge on any atom is -0.497 e. The zero-order valence-electron chi connectivity index (χ0n) is 11.7. The van der Waals surface area contributed by atoms with E-state index in [9.17, 15) is 0 Å². The summed E-state index contributed by atoms with van der Waals surface area (Å²) in [5, 5.41) is 0.506. The third-order valence-electron chi connectivity index (χ3n) is 4.16. The molecule has 19 heavy (non-hydrogen) atoms. The first-order valence-electron chi connectivity index (χ1n) is 6.58. The van der Waals surface area contributed by atoms with Crippen molar-refractivity contribution in [3.63, 3.8) is 0 Å². The summed E-state index contributed by atoms with van der Waals surface area (Å²) >= 11 is 13.0. The molecule has 0 bridgehead atoms. The topological polar surface area (TPSA) is 18.5 Å². The summed E-state index contributed by atoms with van der Waals surface area (Å²) in [6.45, 7) is 6.36. The summed E-state index contributed by atoms with van der Waals surface area (Å²) in [6, 6.07) is 5.65. The van der Waals surface area contributed by atoms with E-state index in [1.54, 1.807) is 13.2 Å². The lowest BCUT2D eigenvalue weighted by Gasteiger charge is -2.25. The van der Waals surface area contributed by atoms with Gasteiger partial charge in [0, 0.05) is 10.9 Å². The maximum absolute atomic E-state index is 6.66. The highest BCUT2D eigenvalue weighted by atomic mass is 35.5. The van der Waals surface area contributed by atoms with Gasteiger partial charge in [0.25, 0.3) is 0 Å². The first kappa shape index (κ1) is 15.0. The molecule has 1 saturated heterocycles. The number of ether oxygens (including phenoxy) is 2. The van der Waals surface area contributed by atoms with E-state index in [1.807, 2.05) is 12.1 Å². The van der Waals surface area contributed by atoms with Crippen LogP contribution in [0.5, 0.6) is 5.75 Å². The third kappa shape index (κ3) is 2.86. The molecule has 1 fully saturated rings. The van der Waals surface area contributed by atoms with Crippen molar-refractivity contribution in [1.29, 1.82) is 0 Å². The maximum atomic E-state index is 6.66. The highest BCUT2D eigenvalue weighted by Gasteiger charge is 2.42. The number of benzene rings is 1. The molecule has 1 heterocycles. The van der Waals surface area contributed by atoms with Crippen LogP contribution in [-0.4, -0.2) is 19.3 Å². The van der Waals surface area contributed by atoms with Gasteiger partial charge in [-0.05, 0) is 37.5 Å². The zero-order chi connectivity index (χ0) is 14.2. The SMILES string of the molecule is COc1ccc(C(Cl)C2C(C)OC(C)C2C)c(Cl)c1. The van der Waals surface area contributed by atoms with E-state index in [-0.39, 0.29) is 23.5 Å².